The molecule has 0 aliphatic rings. The van der Waals surface area contributed by atoms with Gasteiger partial charge >= 0.3 is 0 Å². The fourth-order valence-corrected chi connectivity index (χ4v) is 9.01. The van der Waals surface area contributed by atoms with Crippen LogP contribution in [0.15, 0.2) is 12.2 Å². The lowest BCUT2D eigenvalue weighted by Crippen LogP contribution is -2.45. The van der Waals surface area contributed by atoms with Crippen molar-refractivity contribution in [2.45, 2.75) is 334 Å². The number of aliphatic hydroxyl groups is 2. The van der Waals surface area contributed by atoms with E-state index in [2.05, 4.69) is 19.2 Å². The van der Waals surface area contributed by atoms with Gasteiger partial charge in [-0.25, -0.2) is 0 Å². The first kappa shape index (κ1) is 59.1. The van der Waals surface area contributed by atoms with Gasteiger partial charge in [0.1, 0.15) is 0 Å². The first-order valence-corrected chi connectivity index (χ1v) is 27.9. The summed E-state index contributed by atoms with van der Waals surface area (Å²) >= 11 is 0. The fraction of sp³-hybridized carbons (Fsp3) is 0.946. The SMILES string of the molecule is CCCCCCCCC/C=C/C(O)C(CO)NC(=O)CCCCCCCCCCCCCCCCCCCCCCCCCCCCCCCCCCCCCCCCC. The van der Waals surface area contributed by atoms with Crippen molar-refractivity contribution in [2.24, 2.45) is 0 Å². The lowest BCUT2D eigenvalue weighted by molar-refractivity contribution is -0.123. The Hall–Kier alpha value is -0.870. The van der Waals surface area contributed by atoms with Crippen LogP contribution in [-0.2, 0) is 4.79 Å². The second kappa shape index (κ2) is 52.5. The van der Waals surface area contributed by atoms with Crippen LogP contribution in [0.25, 0.3) is 0 Å². The highest BCUT2D eigenvalue weighted by Crippen LogP contribution is 2.18. The van der Waals surface area contributed by atoms with E-state index in [9.17, 15) is 15.0 Å². The van der Waals surface area contributed by atoms with E-state index in [-0.39, 0.29) is 12.5 Å². The molecule has 4 heteroatoms. The Bertz CT molecular complexity index is 829. The average Bonchev–Trinajstić information content (AvgIpc) is 3.25. The van der Waals surface area contributed by atoms with Crippen molar-refractivity contribution in [3.63, 3.8) is 0 Å². The van der Waals surface area contributed by atoms with Crippen LogP contribution in [0.2, 0.25) is 0 Å². The van der Waals surface area contributed by atoms with Crippen molar-refractivity contribution in [1.82, 2.24) is 5.32 Å². The highest BCUT2D eigenvalue weighted by atomic mass is 16.3. The van der Waals surface area contributed by atoms with Crippen molar-refractivity contribution in [1.29, 1.82) is 0 Å². The molecule has 0 aromatic rings. The van der Waals surface area contributed by atoms with Crippen molar-refractivity contribution in [3.05, 3.63) is 12.2 Å². The Balaban J connectivity index is 3.29. The van der Waals surface area contributed by atoms with Crippen LogP contribution in [0.5, 0.6) is 0 Å². The molecule has 0 saturated heterocycles. The molecule has 358 valence electrons. The minimum Gasteiger partial charge on any atom is -0.394 e. The molecule has 0 aromatic carbocycles. The first-order chi connectivity index (χ1) is 29.7. The van der Waals surface area contributed by atoms with Gasteiger partial charge in [-0.1, -0.05) is 309 Å². The standard InChI is InChI=1S/C56H111NO3/c1-3-5-7-9-11-13-14-15-16-17-18-19-20-21-22-23-24-25-26-27-28-29-30-31-32-33-34-35-36-37-38-39-40-41-42-44-46-48-50-52-56(60)57-54(53-58)55(59)51-49-47-45-43-12-10-8-6-4-2/h49,51,54-55,58-59H,3-48,50,52-53H2,1-2H3,(H,57,60)/b51-49+. The number of hydrogen-bond acceptors (Lipinski definition) is 3. The summed E-state index contributed by atoms with van der Waals surface area (Å²) in [6, 6.07) is -0.615. The minimum absolute atomic E-state index is 0.0601. The number of aliphatic hydroxyl groups excluding tert-OH is 2. The van der Waals surface area contributed by atoms with E-state index in [4.69, 9.17) is 0 Å². The summed E-state index contributed by atoms with van der Waals surface area (Å²) in [5.74, 6) is -0.0601. The van der Waals surface area contributed by atoms with Gasteiger partial charge in [-0.2, -0.15) is 0 Å². The zero-order valence-corrected chi connectivity index (χ0v) is 41.3. The molecule has 60 heavy (non-hydrogen) atoms. The van der Waals surface area contributed by atoms with Crippen molar-refractivity contribution >= 4 is 5.91 Å². The number of hydrogen-bond donors (Lipinski definition) is 3. The molecule has 2 unspecified atom stereocenters. The maximum atomic E-state index is 12.4. The third-order valence-electron chi connectivity index (χ3n) is 13.3. The van der Waals surface area contributed by atoms with Gasteiger partial charge in [-0.05, 0) is 19.3 Å². The molecule has 0 radical (unpaired) electrons. The molecule has 0 aliphatic carbocycles. The number of carbonyl (C=O) groups excluding carboxylic acids is 1. The fourth-order valence-electron chi connectivity index (χ4n) is 9.01. The van der Waals surface area contributed by atoms with Crippen LogP contribution in [-0.4, -0.2) is 34.9 Å². The number of rotatable bonds is 52. The van der Waals surface area contributed by atoms with E-state index < -0.39 is 12.1 Å². The number of nitrogens with one attached hydrogen (secondary N) is 1. The van der Waals surface area contributed by atoms with Crippen molar-refractivity contribution in [2.75, 3.05) is 6.61 Å². The quantitative estimate of drug-likeness (QED) is 0.0422. The van der Waals surface area contributed by atoms with E-state index in [1.807, 2.05) is 6.08 Å². The van der Waals surface area contributed by atoms with Crippen LogP contribution in [0.4, 0.5) is 0 Å². The van der Waals surface area contributed by atoms with Gasteiger partial charge in [-0.15, -0.1) is 0 Å². The molecule has 0 aromatic heterocycles. The van der Waals surface area contributed by atoms with Gasteiger partial charge < -0.3 is 15.5 Å². The van der Waals surface area contributed by atoms with E-state index in [0.717, 1.165) is 25.7 Å². The van der Waals surface area contributed by atoms with Crippen LogP contribution in [0.1, 0.15) is 322 Å². The van der Waals surface area contributed by atoms with Crippen molar-refractivity contribution in [3.8, 4) is 0 Å². The average molecular weight is 847 g/mol. The molecular weight excluding hydrogens is 735 g/mol. The van der Waals surface area contributed by atoms with Gasteiger partial charge in [0.25, 0.3) is 0 Å². The monoisotopic (exact) mass is 846 g/mol. The number of unbranched alkanes of at least 4 members (excludes halogenated alkanes) is 45. The number of carbonyl (C=O) groups is 1. The molecule has 0 spiro atoms. The molecule has 0 rings (SSSR count). The lowest BCUT2D eigenvalue weighted by atomic mass is 10.0. The molecular formula is C56H111NO3. The number of amides is 1. The summed E-state index contributed by atoms with van der Waals surface area (Å²) in [6.45, 7) is 4.31. The summed E-state index contributed by atoms with van der Waals surface area (Å²) in [7, 11) is 0. The Labute approximate surface area is 377 Å². The maximum Gasteiger partial charge on any atom is 0.220 e. The summed E-state index contributed by atoms with van der Waals surface area (Å²) in [6.07, 6.45) is 68.4. The Morgan fingerprint density at radius 1 is 0.383 bits per heavy atom. The topological polar surface area (TPSA) is 69.6 Å². The largest absolute Gasteiger partial charge is 0.394 e. The highest BCUT2D eigenvalue weighted by molar-refractivity contribution is 5.76. The third-order valence-corrected chi connectivity index (χ3v) is 13.3. The second-order valence-corrected chi connectivity index (χ2v) is 19.4. The zero-order valence-electron chi connectivity index (χ0n) is 41.3. The van der Waals surface area contributed by atoms with Crippen LogP contribution in [0.3, 0.4) is 0 Å². The Morgan fingerprint density at radius 2 is 0.617 bits per heavy atom. The van der Waals surface area contributed by atoms with Gasteiger partial charge in [0.2, 0.25) is 5.91 Å². The smallest absolute Gasteiger partial charge is 0.220 e. The van der Waals surface area contributed by atoms with Crippen LogP contribution in [0, 0.1) is 0 Å². The molecule has 0 bridgehead atoms. The summed E-state index contributed by atoms with van der Waals surface area (Å²) in [4.78, 5) is 12.4. The van der Waals surface area contributed by atoms with E-state index in [1.54, 1.807) is 6.08 Å². The molecule has 4 nitrogen and oxygen atoms in total. The van der Waals surface area contributed by atoms with Crippen molar-refractivity contribution < 1.29 is 15.0 Å². The minimum atomic E-state index is -0.832. The first-order valence-electron chi connectivity index (χ1n) is 27.9. The highest BCUT2D eigenvalue weighted by Gasteiger charge is 2.18. The number of allylic oxidation sites excluding steroid dienone is 1. The molecule has 0 aliphatic heterocycles. The Kier molecular flexibility index (Phi) is 51.7. The molecule has 2 atom stereocenters. The molecule has 0 fully saturated rings. The van der Waals surface area contributed by atoms with Gasteiger partial charge in [-0.3, -0.25) is 4.79 Å². The maximum absolute atomic E-state index is 12.4. The van der Waals surface area contributed by atoms with E-state index in [0.29, 0.717) is 6.42 Å². The second-order valence-electron chi connectivity index (χ2n) is 19.4. The van der Waals surface area contributed by atoms with Crippen LogP contribution >= 0.6 is 0 Å². The van der Waals surface area contributed by atoms with Gasteiger partial charge in [0, 0.05) is 6.42 Å². The normalized spacial score (nSPS) is 12.8. The third kappa shape index (κ3) is 48.2. The Morgan fingerprint density at radius 3 is 0.867 bits per heavy atom. The predicted octanol–water partition coefficient (Wildman–Crippen LogP) is 18.1. The zero-order chi connectivity index (χ0) is 43.5. The molecule has 0 saturated carbocycles. The molecule has 1 amide bonds. The summed E-state index contributed by atoms with van der Waals surface area (Å²) < 4.78 is 0. The van der Waals surface area contributed by atoms with Gasteiger partial charge in [0.05, 0.1) is 18.8 Å². The van der Waals surface area contributed by atoms with Crippen LogP contribution < -0.4 is 5.32 Å². The lowest BCUT2D eigenvalue weighted by Gasteiger charge is -2.20. The molecule has 0 heterocycles. The molecule has 3 N–H and O–H groups in total. The van der Waals surface area contributed by atoms with Gasteiger partial charge in [0.15, 0.2) is 0 Å². The van der Waals surface area contributed by atoms with E-state index in [1.165, 1.54) is 276 Å². The predicted molar refractivity (Wildman–Crippen MR) is 267 cm³/mol. The van der Waals surface area contributed by atoms with E-state index >= 15 is 0 Å². The summed E-state index contributed by atoms with van der Waals surface area (Å²) in [5.41, 5.74) is 0. The summed E-state index contributed by atoms with van der Waals surface area (Å²) in [5, 5.41) is 22.9.